The third kappa shape index (κ3) is 2.00. The molecule has 0 fully saturated rings. The number of alkyl halides is 3. The summed E-state index contributed by atoms with van der Waals surface area (Å²) in [4.78, 5) is 10.7. The summed E-state index contributed by atoms with van der Waals surface area (Å²) < 4.78 is 45.5. The van der Waals surface area contributed by atoms with Gasteiger partial charge < -0.3 is 4.74 Å². The number of ether oxygens (including phenoxy) is 2. The van der Waals surface area contributed by atoms with Gasteiger partial charge in [-0.3, -0.25) is 4.74 Å². The van der Waals surface area contributed by atoms with E-state index >= 15 is 0 Å². The molecule has 0 aromatic carbocycles. The van der Waals surface area contributed by atoms with Crippen molar-refractivity contribution in [3.8, 4) is 0 Å². The number of rotatable bonds is 2. The zero-order valence-electron chi connectivity index (χ0n) is 6.72. The van der Waals surface area contributed by atoms with Gasteiger partial charge in [0.1, 0.15) is 0 Å². The van der Waals surface area contributed by atoms with Gasteiger partial charge in [-0.05, 0) is 13.0 Å². The van der Waals surface area contributed by atoms with E-state index in [9.17, 15) is 18.0 Å². The summed E-state index contributed by atoms with van der Waals surface area (Å²) in [5, 5.41) is 0. The van der Waals surface area contributed by atoms with Gasteiger partial charge in [-0.25, -0.2) is 4.79 Å². The molecule has 0 aliphatic carbocycles. The molecule has 1 atom stereocenters. The maximum absolute atomic E-state index is 13.1. The molecule has 0 N–H and O–H groups in total. The fraction of sp³-hybridized carbons (Fsp3) is 0.571. The molecule has 3 nitrogen and oxygen atoms in total. The Hall–Kier alpha value is -1.04. The monoisotopic (exact) mass is 196 g/mol. The van der Waals surface area contributed by atoms with Crippen molar-refractivity contribution in [3.05, 3.63) is 12.2 Å². The van der Waals surface area contributed by atoms with E-state index in [-0.39, 0.29) is 12.7 Å². The fourth-order valence-corrected chi connectivity index (χ4v) is 0.809. The fourth-order valence-electron chi connectivity index (χ4n) is 0.809. The van der Waals surface area contributed by atoms with Gasteiger partial charge in [-0.1, -0.05) is 0 Å². The second-order valence-corrected chi connectivity index (χ2v) is 2.36. The Bertz CT molecular complexity index is 251. The van der Waals surface area contributed by atoms with Crippen molar-refractivity contribution in [2.45, 2.75) is 18.9 Å². The van der Waals surface area contributed by atoms with E-state index in [1.165, 1.54) is 6.92 Å². The lowest BCUT2D eigenvalue weighted by Gasteiger charge is -2.17. The minimum Gasteiger partial charge on any atom is -0.462 e. The summed E-state index contributed by atoms with van der Waals surface area (Å²) in [5.74, 6) is -4.62. The van der Waals surface area contributed by atoms with Crippen molar-refractivity contribution in [3.63, 3.8) is 0 Å². The smallest absolute Gasteiger partial charge is 0.379 e. The predicted octanol–water partition coefficient (Wildman–Crippen LogP) is 1.39. The molecule has 13 heavy (non-hydrogen) atoms. The van der Waals surface area contributed by atoms with Crippen LogP contribution >= 0.6 is 0 Å². The summed E-state index contributed by atoms with van der Waals surface area (Å²) in [6.45, 7) is 1.32. The van der Waals surface area contributed by atoms with E-state index < -0.39 is 17.9 Å². The molecule has 0 radical (unpaired) electrons. The molecule has 6 heteroatoms. The van der Waals surface area contributed by atoms with Crippen molar-refractivity contribution in [2.75, 3.05) is 6.61 Å². The summed E-state index contributed by atoms with van der Waals surface area (Å²) in [7, 11) is 0. The summed E-state index contributed by atoms with van der Waals surface area (Å²) in [6.07, 6.45) is -3.24. The third-order valence-electron chi connectivity index (χ3n) is 1.33. The van der Waals surface area contributed by atoms with Crippen molar-refractivity contribution >= 4 is 5.97 Å². The normalized spacial score (nSPS) is 30.5. The van der Waals surface area contributed by atoms with Crippen LogP contribution in [-0.4, -0.2) is 24.5 Å². The van der Waals surface area contributed by atoms with Crippen LogP contribution in [0.2, 0.25) is 0 Å². The lowest BCUT2D eigenvalue weighted by Crippen LogP contribution is -2.37. The molecule has 1 rings (SSSR count). The molecule has 0 aromatic heterocycles. The van der Waals surface area contributed by atoms with Gasteiger partial charge in [-0.2, -0.15) is 13.2 Å². The molecule has 74 valence electrons. The molecule has 1 heterocycles. The lowest BCUT2D eigenvalue weighted by atomic mass is 10.3. The van der Waals surface area contributed by atoms with Gasteiger partial charge in [0.15, 0.2) is 0 Å². The van der Waals surface area contributed by atoms with E-state index in [1.807, 2.05) is 0 Å². The van der Waals surface area contributed by atoms with Crippen LogP contribution in [0, 0.1) is 0 Å². The maximum Gasteiger partial charge on any atom is 0.379 e. The average Bonchev–Trinajstić information content (AvgIpc) is 2.28. The van der Waals surface area contributed by atoms with Gasteiger partial charge in [0.05, 0.1) is 6.61 Å². The number of hydrogen-bond acceptors (Lipinski definition) is 3. The van der Waals surface area contributed by atoms with Crippen LogP contribution in [0.3, 0.4) is 0 Å². The Morgan fingerprint density at radius 1 is 1.46 bits per heavy atom. The topological polar surface area (TPSA) is 35.5 Å². The van der Waals surface area contributed by atoms with Crippen molar-refractivity contribution in [1.82, 2.24) is 0 Å². The first-order valence-electron chi connectivity index (χ1n) is 3.54. The van der Waals surface area contributed by atoms with E-state index in [0.29, 0.717) is 6.08 Å². The average molecular weight is 196 g/mol. The number of carbonyl (C=O) groups excluding carboxylic acids is 1. The van der Waals surface area contributed by atoms with Crippen molar-refractivity contribution < 1.29 is 27.4 Å². The van der Waals surface area contributed by atoms with Crippen LogP contribution in [-0.2, 0) is 14.3 Å². The van der Waals surface area contributed by atoms with Crippen LogP contribution in [0.5, 0.6) is 0 Å². The molecule has 0 amide bonds. The highest BCUT2D eigenvalue weighted by Gasteiger charge is 2.52. The quantitative estimate of drug-likeness (QED) is 0.494. The van der Waals surface area contributed by atoms with Crippen molar-refractivity contribution in [2.24, 2.45) is 0 Å². The van der Waals surface area contributed by atoms with E-state index in [1.54, 1.807) is 0 Å². The zero-order chi connectivity index (χ0) is 10.1. The van der Waals surface area contributed by atoms with Gasteiger partial charge in [0.25, 0.3) is 0 Å². The Morgan fingerprint density at radius 3 is 2.46 bits per heavy atom. The standard InChI is InChI=1S/C7H7F3O3/c1-2-12-5(11)6(8)3-4-7(9,10)13-6/h3-4H,2H2,1H3/t6-/m0/s1. The molecule has 1 aliphatic heterocycles. The molecule has 0 saturated heterocycles. The molecule has 0 spiro atoms. The highest BCUT2D eigenvalue weighted by molar-refractivity contribution is 5.80. The van der Waals surface area contributed by atoms with Crippen LogP contribution in [0.15, 0.2) is 12.2 Å². The maximum atomic E-state index is 13.1. The van der Waals surface area contributed by atoms with E-state index in [2.05, 4.69) is 9.47 Å². The van der Waals surface area contributed by atoms with Gasteiger partial charge >= 0.3 is 17.9 Å². The van der Waals surface area contributed by atoms with Crippen LogP contribution in [0.1, 0.15) is 6.92 Å². The predicted molar refractivity (Wildman–Crippen MR) is 35.6 cm³/mol. The molecular formula is C7H7F3O3. The number of esters is 1. The minimum atomic E-state index is -3.75. The first-order chi connectivity index (χ1) is 5.90. The molecule has 0 aromatic rings. The highest BCUT2D eigenvalue weighted by atomic mass is 19.3. The Morgan fingerprint density at radius 2 is 2.08 bits per heavy atom. The number of carbonyl (C=O) groups is 1. The highest BCUT2D eigenvalue weighted by Crippen LogP contribution is 2.35. The van der Waals surface area contributed by atoms with E-state index in [0.717, 1.165) is 0 Å². The first kappa shape index (κ1) is 10.0. The SMILES string of the molecule is CCOC(=O)[C@]1(F)C=CC(F)(F)O1. The molecule has 1 aliphatic rings. The van der Waals surface area contributed by atoms with Gasteiger partial charge in [-0.15, -0.1) is 0 Å². The molecular weight excluding hydrogens is 189 g/mol. The summed E-state index contributed by atoms with van der Waals surface area (Å²) >= 11 is 0. The van der Waals surface area contributed by atoms with E-state index in [4.69, 9.17) is 0 Å². The van der Waals surface area contributed by atoms with Gasteiger partial charge in [0.2, 0.25) is 0 Å². The first-order valence-corrected chi connectivity index (χ1v) is 3.54. The minimum absolute atomic E-state index is 0.104. The molecule has 0 saturated carbocycles. The Balaban J connectivity index is 2.71. The second kappa shape index (κ2) is 3.02. The van der Waals surface area contributed by atoms with Crippen LogP contribution in [0.4, 0.5) is 13.2 Å². The summed E-state index contributed by atoms with van der Waals surface area (Å²) in [6, 6.07) is 0. The van der Waals surface area contributed by atoms with Crippen LogP contribution < -0.4 is 0 Å². The van der Waals surface area contributed by atoms with Crippen molar-refractivity contribution in [1.29, 1.82) is 0 Å². The Kier molecular flexibility index (Phi) is 2.34. The lowest BCUT2D eigenvalue weighted by molar-refractivity contribution is -0.272. The third-order valence-corrected chi connectivity index (χ3v) is 1.33. The van der Waals surface area contributed by atoms with Gasteiger partial charge in [0, 0.05) is 6.08 Å². The Labute approximate surface area is 72.1 Å². The number of halogens is 3. The molecule has 0 unspecified atom stereocenters. The second-order valence-electron chi connectivity index (χ2n) is 2.36. The summed E-state index contributed by atoms with van der Waals surface area (Å²) in [5.41, 5.74) is 0. The largest absolute Gasteiger partial charge is 0.462 e. The zero-order valence-corrected chi connectivity index (χ0v) is 6.72. The molecule has 0 bridgehead atoms. The number of hydrogen-bond donors (Lipinski definition) is 0. The van der Waals surface area contributed by atoms with Crippen LogP contribution in [0.25, 0.3) is 0 Å².